The second-order valence-electron chi connectivity index (χ2n) is 7.37. The lowest BCUT2D eigenvalue weighted by Gasteiger charge is -2.14. The van der Waals surface area contributed by atoms with E-state index in [-0.39, 0.29) is 5.92 Å². The highest BCUT2D eigenvalue weighted by Gasteiger charge is 2.28. The highest BCUT2D eigenvalue weighted by molar-refractivity contribution is 5.79. The van der Waals surface area contributed by atoms with Gasteiger partial charge in [-0.2, -0.15) is 0 Å². The fourth-order valence-corrected chi connectivity index (χ4v) is 3.83. The number of aryl methyl sites for hydroxylation is 1. The molecule has 0 atom stereocenters. The maximum absolute atomic E-state index is 12.2. The Hall–Kier alpha value is -3.60. The minimum absolute atomic E-state index is 0.0680. The quantitative estimate of drug-likeness (QED) is 0.577. The molecule has 0 fully saturated rings. The molecule has 3 N–H and O–H groups in total. The molecule has 1 aliphatic rings. The fraction of sp³-hybridized carbons (Fsp3) is 0.200. The normalized spacial score (nSPS) is 12.6. The largest absolute Gasteiger partial charge is 0.449 e. The van der Waals surface area contributed by atoms with Gasteiger partial charge in [-0.1, -0.05) is 54.6 Å². The van der Waals surface area contributed by atoms with Crippen LogP contribution < -0.4 is 11.1 Å². The molecule has 3 aromatic rings. The van der Waals surface area contributed by atoms with Gasteiger partial charge in [0.05, 0.1) is 11.4 Å². The molecule has 4 rings (SSSR count). The summed E-state index contributed by atoms with van der Waals surface area (Å²) in [4.78, 5) is 16.4. The molecule has 152 valence electrons. The lowest BCUT2D eigenvalue weighted by Crippen LogP contribution is -2.26. The number of carbonyl (C=O) groups excluding carboxylic acids is 1. The predicted molar refractivity (Wildman–Crippen MR) is 120 cm³/mol. The predicted octanol–water partition coefficient (Wildman–Crippen LogP) is 4.91. The lowest BCUT2D eigenvalue weighted by molar-refractivity contribution is 0.143. The number of aromatic nitrogens is 1. The second kappa shape index (κ2) is 8.82. The number of nitrogens with two attached hydrogens (primary N) is 1. The Morgan fingerprint density at radius 3 is 2.47 bits per heavy atom. The van der Waals surface area contributed by atoms with E-state index in [4.69, 9.17) is 10.5 Å². The highest BCUT2D eigenvalue weighted by atomic mass is 16.5. The molecule has 1 aliphatic carbocycles. The number of hydrogen-bond donors (Lipinski definition) is 2. The Balaban J connectivity index is 1.28. The average molecular weight is 399 g/mol. The summed E-state index contributed by atoms with van der Waals surface area (Å²) in [7, 11) is 0. The summed E-state index contributed by atoms with van der Waals surface area (Å²) >= 11 is 0. The van der Waals surface area contributed by atoms with Gasteiger partial charge in [-0.05, 0) is 53.3 Å². The van der Waals surface area contributed by atoms with Crippen LogP contribution in [0.25, 0.3) is 17.2 Å². The van der Waals surface area contributed by atoms with E-state index in [1.54, 1.807) is 6.20 Å². The maximum Gasteiger partial charge on any atom is 0.407 e. The van der Waals surface area contributed by atoms with Crippen molar-refractivity contribution in [3.05, 3.63) is 89.3 Å². The van der Waals surface area contributed by atoms with Crippen molar-refractivity contribution in [1.82, 2.24) is 10.3 Å². The smallest absolute Gasteiger partial charge is 0.407 e. The van der Waals surface area contributed by atoms with Gasteiger partial charge in [-0.3, -0.25) is 4.98 Å². The molecular formula is C25H25N3O2. The standard InChI is InChI=1S/C25H25N3O2/c1-17-13-15-27-23(24(17)26)12-6-7-14-28-25(29)30-16-22-20-10-4-2-8-18(20)19-9-3-5-11-21(19)22/h2-6,8-13,15,22H,7,14,16,26H2,1H3,(H,28,29). The number of benzene rings is 2. The van der Waals surface area contributed by atoms with Crippen LogP contribution in [0.5, 0.6) is 0 Å². The monoisotopic (exact) mass is 399 g/mol. The van der Waals surface area contributed by atoms with Gasteiger partial charge in [0.2, 0.25) is 0 Å². The van der Waals surface area contributed by atoms with Gasteiger partial charge in [0.15, 0.2) is 0 Å². The molecule has 1 amide bonds. The van der Waals surface area contributed by atoms with E-state index < -0.39 is 6.09 Å². The van der Waals surface area contributed by atoms with Gasteiger partial charge in [-0.15, -0.1) is 0 Å². The first-order valence-corrected chi connectivity index (χ1v) is 10.1. The van der Waals surface area contributed by atoms with Gasteiger partial charge >= 0.3 is 6.09 Å². The lowest BCUT2D eigenvalue weighted by atomic mass is 9.98. The highest BCUT2D eigenvalue weighted by Crippen LogP contribution is 2.44. The van der Waals surface area contributed by atoms with Crippen LogP contribution in [0, 0.1) is 6.92 Å². The number of rotatable bonds is 6. The minimum Gasteiger partial charge on any atom is -0.449 e. The second-order valence-corrected chi connectivity index (χ2v) is 7.37. The third-order valence-corrected chi connectivity index (χ3v) is 5.44. The Labute approximate surface area is 176 Å². The van der Waals surface area contributed by atoms with Crippen LogP contribution >= 0.6 is 0 Å². The Morgan fingerprint density at radius 2 is 1.77 bits per heavy atom. The van der Waals surface area contributed by atoms with Gasteiger partial charge < -0.3 is 15.8 Å². The number of alkyl carbamates (subject to hydrolysis) is 1. The van der Waals surface area contributed by atoms with E-state index in [9.17, 15) is 4.79 Å². The first-order valence-electron chi connectivity index (χ1n) is 10.1. The fourth-order valence-electron chi connectivity index (χ4n) is 3.83. The molecule has 0 saturated carbocycles. The molecule has 0 aliphatic heterocycles. The van der Waals surface area contributed by atoms with Gasteiger partial charge in [-0.25, -0.2) is 4.79 Å². The SMILES string of the molecule is Cc1ccnc(C=CCCNC(=O)OCC2c3ccccc3-c3ccccc32)c1N. The number of pyridine rings is 1. The van der Waals surface area contributed by atoms with Crippen LogP contribution in [-0.2, 0) is 4.74 Å². The number of carbonyl (C=O) groups is 1. The first kappa shape index (κ1) is 19.7. The third kappa shape index (κ3) is 4.06. The third-order valence-electron chi connectivity index (χ3n) is 5.44. The molecular weight excluding hydrogens is 374 g/mol. The van der Waals surface area contributed by atoms with Crippen molar-refractivity contribution >= 4 is 17.9 Å². The number of fused-ring (bicyclic) bond motifs is 3. The number of nitrogens with one attached hydrogen (secondary N) is 1. The van der Waals surface area contributed by atoms with E-state index in [2.05, 4.69) is 34.6 Å². The molecule has 1 aromatic heterocycles. The van der Waals surface area contributed by atoms with Crippen molar-refractivity contribution in [2.45, 2.75) is 19.3 Å². The van der Waals surface area contributed by atoms with Crippen molar-refractivity contribution in [2.24, 2.45) is 0 Å². The summed E-state index contributed by atoms with van der Waals surface area (Å²) < 4.78 is 5.53. The van der Waals surface area contributed by atoms with Gasteiger partial charge in [0.25, 0.3) is 0 Å². The summed E-state index contributed by atoms with van der Waals surface area (Å²) in [5.41, 5.74) is 13.3. The molecule has 2 aromatic carbocycles. The maximum atomic E-state index is 12.2. The Morgan fingerprint density at radius 1 is 1.10 bits per heavy atom. The molecule has 0 unspecified atom stereocenters. The zero-order chi connectivity index (χ0) is 20.9. The van der Waals surface area contributed by atoms with Gasteiger partial charge in [0.1, 0.15) is 6.61 Å². The van der Waals surface area contributed by atoms with Gasteiger partial charge in [0, 0.05) is 18.7 Å². The Kier molecular flexibility index (Phi) is 5.80. The van der Waals surface area contributed by atoms with E-state index in [0.29, 0.717) is 25.3 Å². The van der Waals surface area contributed by atoms with Crippen LogP contribution in [0.2, 0.25) is 0 Å². The van der Waals surface area contributed by atoms with Crippen LogP contribution in [0.4, 0.5) is 10.5 Å². The molecule has 5 heteroatoms. The average Bonchev–Trinajstić information content (AvgIpc) is 3.09. The van der Waals surface area contributed by atoms with Crippen LogP contribution in [0.1, 0.15) is 34.7 Å². The number of ether oxygens (including phenoxy) is 1. The Bertz CT molecular complexity index is 1050. The summed E-state index contributed by atoms with van der Waals surface area (Å²) in [5, 5.41) is 2.80. The number of anilines is 1. The minimum atomic E-state index is -0.404. The van der Waals surface area contributed by atoms with Crippen molar-refractivity contribution in [3.63, 3.8) is 0 Å². The van der Waals surface area contributed by atoms with E-state index in [1.807, 2.05) is 49.4 Å². The van der Waals surface area contributed by atoms with E-state index in [1.165, 1.54) is 22.3 Å². The molecule has 1 heterocycles. The molecule has 5 nitrogen and oxygen atoms in total. The molecule has 0 saturated heterocycles. The number of hydrogen-bond acceptors (Lipinski definition) is 4. The van der Waals surface area contributed by atoms with E-state index >= 15 is 0 Å². The molecule has 0 spiro atoms. The number of nitrogens with zero attached hydrogens (tertiary/aromatic N) is 1. The summed E-state index contributed by atoms with van der Waals surface area (Å²) in [6.45, 7) is 2.76. The van der Waals surface area contributed by atoms with Crippen molar-refractivity contribution in [2.75, 3.05) is 18.9 Å². The van der Waals surface area contributed by atoms with Crippen molar-refractivity contribution in [1.29, 1.82) is 0 Å². The summed E-state index contributed by atoms with van der Waals surface area (Å²) in [6.07, 6.45) is 5.82. The number of nitrogen functional groups attached to an aromatic ring is 1. The van der Waals surface area contributed by atoms with E-state index in [0.717, 1.165) is 11.3 Å². The summed E-state index contributed by atoms with van der Waals surface area (Å²) in [5.74, 6) is 0.0680. The first-order chi connectivity index (χ1) is 14.6. The van der Waals surface area contributed by atoms with Crippen LogP contribution in [0.15, 0.2) is 66.9 Å². The topological polar surface area (TPSA) is 77.2 Å². The van der Waals surface area contributed by atoms with Crippen molar-refractivity contribution in [3.8, 4) is 11.1 Å². The summed E-state index contributed by atoms with van der Waals surface area (Å²) in [6, 6.07) is 18.5. The molecule has 0 bridgehead atoms. The van der Waals surface area contributed by atoms with Crippen molar-refractivity contribution < 1.29 is 9.53 Å². The van der Waals surface area contributed by atoms with Crippen LogP contribution in [-0.4, -0.2) is 24.2 Å². The number of amides is 1. The molecule has 30 heavy (non-hydrogen) atoms. The molecule has 0 radical (unpaired) electrons. The van der Waals surface area contributed by atoms with Crippen LogP contribution in [0.3, 0.4) is 0 Å². The zero-order valence-electron chi connectivity index (χ0n) is 17.0. The zero-order valence-corrected chi connectivity index (χ0v) is 17.0.